The molecule has 0 aromatic carbocycles. The highest BCUT2D eigenvalue weighted by Gasteiger charge is 2.38. The van der Waals surface area contributed by atoms with E-state index in [-0.39, 0.29) is 17.2 Å². The molecule has 0 spiro atoms. The molecule has 6 atom stereocenters. The average molecular weight is 681 g/mol. The predicted molar refractivity (Wildman–Crippen MR) is 208 cm³/mol. The number of nitrogens with one attached hydrogen (secondary N) is 2. The highest BCUT2D eigenvalue weighted by Crippen LogP contribution is 2.42. The van der Waals surface area contributed by atoms with Crippen molar-refractivity contribution >= 4 is 11.8 Å². The van der Waals surface area contributed by atoms with Crippen LogP contribution in [0.4, 0.5) is 0 Å². The molecule has 6 heteroatoms. The standard InChI is InChI=1S/C44H64N4O2/c1-32(12-7-15-35(4)42(49)45-30-37-20-26-47-24-10-17-40(37)47)14-9-22-44(6)23-19-34(3)29-39(44)28-33(2)13-8-16-36(5)43(50)46-31-38-21-27-48-25-11-18-41(38)48/h7-9,12-16,22,28-29,37-41H,10-11,17-21,23-27,30-31H2,1-6H3,(H,45,49)(H,46,50)/b12-7+,13-8+,22-9+,32-14+,33-28+,35-15+,36-16+/t37-,38-,39+,40-,41-,44+/m1/s1. The third kappa shape index (κ3) is 10.2. The van der Waals surface area contributed by atoms with Gasteiger partial charge >= 0.3 is 0 Å². The van der Waals surface area contributed by atoms with E-state index in [2.05, 4.69) is 90.7 Å². The SMILES string of the molecule is CC1=C[C@H](/C=C(C)/C=C/C=C(\C)C(=O)NC[C@H]2CCN3CCC[C@H]23)[C@@](C)(/C=C/C=C(C)/C=C/C=C(\C)C(=O)NC[C@H]2CCN3CCC[C@H]23)CC1. The minimum atomic E-state index is 0.0132. The highest BCUT2D eigenvalue weighted by atomic mass is 16.2. The summed E-state index contributed by atoms with van der Waals surface area (Å²) in [4.78, 5) is 30.7. The molecule has 5 rings (SSSR count). The monoisotopic (exact) mass is 681 g/mol. The molecule has 0 aromatic rings. The lowest BCUT2D eigenvalue weighted by molar-refractivity contribution is -0.118. The van der Waals surface area contributed by atoms with Gasteiger partial charge < -0.3 is 20.4 Å². The zero-order valence-corrected chi connectivity index (χ0v) is 31.8. The Labute approximate surface area is 303 Å². The number of amides is 2. The molecule has 0 bridgehead atoms. The van der Waals surface area contributed by atoms with Crippen molar-refractivity contribution in [3.05, 3.63) is 94.7 Å². The number of nitrogens with zero attached hydrogens (tertiary/aromatic N) is 2. The molecule has 4 heterocycles. The molecule has 2 amide bonds. The van der Waals surface area contributed by atoms with E-state index in [4.69, 9.17) is 0 Å². The highest BCUT2D eigenvalue weighted by molar-refractivity contribution is 5.93. The molecule has 0 saturated carbocycles. The lowest BCUT2D eigenvalue weighted by Gasteiger charge is -2.36. The van der Waals surface area contributed by atoms with Gasteiger partial charge in [0, 0.05) is 42.2 Å². The smallest absolute Gasteiger partial charge is 0.246 e. The maximum atomic E-state index is 12.8. The number of fused-ring (bicyclic) bond motifs is 2. The van der Waals surface area contributed by atoms with Crippen LogP contribution in [-0.4, -0.2) is 73.0 Å². The molecule has 0 unspecified atom stereocenters. The maximum absolute atomic E-state index is 12.8. The first-order chi connectivity index (χ1) is 24.0. The first-order valence-electron chi connectivity index (χ1n) is 19.5. The van der Waals surface area contributed by atoms with E-state index in [1.165, 1.54) is 75.9 Å². The Kier molecular flexibility index (Phi) is 13.5. The summed E-state index contributed by atoms with van der Waals surface area (Å²) < 4.78 is 0. The van der Waals surface area contributed by atoms with Crippen LogP contribution in [0.2, 0.25) is 0 Å². The summed E-state index contributed by atoms with van der Waals surface area (Å²) >= 11 is 0. The van der Waals surface area contributed by atoms with E-state index in [1.807, 2.05) is 38.2 Å². The second-order valence-electron chi connectivity index (χ2n) is 16.2. The molecule has 272 valence electrons. The van der Waals surface area contributed by atoms with E-state index in [0.717, 1.165) is 42.7 Å². The molecule has 5 aliphatic rings. The third-order valence-electron chi connectivity index (χ3n) is 12.2. The summed E-state index contributed by atoms with van der Waals surface area (Å²) in [6.07, 6.45) is 33.3. The van der Waals surface area contributed by atoms with E-state index in [1.54, 1.807) is 0 Å². The molecular weight excluding hydrogens is 617 g/mol. The summed E-state index contributed by atoms with van der Waals surface area (Å²) in [5, 5.41) is 6.38. The Morgan fingerprint density at radius 2 is 1.30 bits per heavy atom. The van der Waals surface area contributed by atoms with Gasteiger partial charge in [-0.15, -0.1) is 0 Å². The van der Waals surface area contributed by atoms with Crippen LogP contribution in [0, 0.1) is 23.2 Å². The van der Waals surface area contributed by atoms with Gasteiger partial charge in [0.1, 0.15) is 0 Å². The molecule has 4 saturated heterocycles. The molecular formula is C44H64N4O2. The Bertz CT molecular complexity index is 1470. The van der Waals surface area contributed by atoms with Gasteiger partial charge in [0.25, 0.3) is 0 Å². The van der Waals surface area contributed by atoms with Crippen molar-refractivity contribution < 1.29 is 9.59 Å². The molecule has 6 nitrogen and oxygen atoms in total. The van der Waals surface area contributed by atoms with Gasteiger partial charge in [-0.05, 0) is 129 Å². The Hall–Kier alpha value is -3.22. The summed E-state index contributed by atoms with van der Waals surface area (Å²) in [6, 6.07) is 1.34. The topological polar surface area (TPSA) is 64.7 Å². The Balaban J connectivity index is 1.10. The van der Waals surface area contributed by atoms with E-state index in [9.17, 15) is 9.59 Å². The van der Waals surface area contributed by atoms with Crippen LogP contribution in [0.1, 0.15) is 92.9 Å². The fourth-order valence-electron chi connectivity index (χ4n) is 8.88. The average Bonchev–Trinajstić information content (AvgIpc) is 3.89. The van der Waals surface area contributed by atoms with Crippen molar-refractivity contribution in [3.63, 3.8) is 0 Å². The van der Waals surface area contributed by atoms with Crippen LogP contribution < -0.4 is 10.6 Å². The second-order valence-corrected chi connectivity index (χ2v) is 16.2. The fourth-order valence-corrected chi connectivity index (χ4v) is 8.88. The van der Waals surface area contributed by atoms with Gasteiger partial charge in [0.05, 0.1) is 0 Å². The van der Waals surface area contributed by atoms with Gasteiger partial charge in [-0.1, -0.05) is 90.5 Å². The number of hydrogen-bond acceptors (Lipinski definition) is 4. The molecule has 50 heavy (non-hydrogen) atoms. The molecule has 4 aliphatic heterocycles. The zero-order chi connectivity index (χ0) is 35.7. The van der Waals surface area contributed by atoms with Crippen LogP contribution in [0.15, 0.2) is 94.7 Å². The van der Waals surface area contributed by atoms with E-state index in [0.29, 0.717) is 29.8 Å². The van der Waals surface area contributed by atoms with Gasteiger partial charge in [-0.25, -0.2) is 0 Å². The predicted octanol–water partition coefficient (Wildman–Crippen LogP) is 8.00. The molecule has 0 aromatic heterocycles. The zero-order valence-electron chi connectivity index (χ0n) is 31.8. The maximum Gasteiger partial charge on any atom is 0.246 e. The minimum Gasteiger partial charge on any atom is -0.352 e. The molecule has 0 radical (unpaired) electrons. The van der Waals surface area contributed by atoms with Crippen LogP contribution >= 0.6 is 0 Å². The minimum absolute atomic E-state index is 0.0132. The van der Waals surface area contributed by atoms with Crippen molar-refractivity contribution in [2.75, 3.05) is 39.3 Å². The number of hydrogen-bond donors (Lipinski definition) is 2. The van der Waals surface area contributed by atoms with E-state index < -0.39 is 0 Å². The fraction of sp³-hybridized carbons (Fsp3) is 0.591. The van der Waals surface area contributed by atoms with Crippen LogP contribution in [0.5, 0.6) is 0 Å². The van der Waals surface area contributed by atoms with Crippen molar-refractivity contribution in [2.45, 2.75) is 105 Å². The third-order valence-corrected chi connectivity index (χ3v) is 12.2. The Morgan fingerprint density at radius 3 is 1.86 bits per heavy atom. The van der Waals surface area contributed by atoms with E-state index >= 15 is 0 Å². The van der Waals surface area contributed by atoms with Crippen molar-refractivity contribution in [1.82, 2.24) is 20.4 Å². The number of allylic oxidation sites excluding steroid dienone is 14. The molecule has 4 fully saturated rings. The van der Waals surface area contributed by atoms with Gasteiger partial charge in [-0.2, -0.15) is 0 Å². The molecule has 2 N–H and O–H groups in total. The summed E-state index contributed by atoms with van der Waals surface area (Å²) in [7, 11) is 0. The first-order valence-corrected chi connectivity index (χ1v) is 19.5. The summed E-state index contributed by atoms with van der Waals surface area (Å²) in [6.45, 7) is 19.0. The van der Waals surface area contributed by atoms with Crippen LogP contribution in [0.25, 0.3) is 0 Å². The number of carbonyl (C=O) groups excluding carboxylic acids is 2. The number of carbonyl (C=O) groups is 2. The van der Waals surface area contributed by atoms with Crippen LogP contribution in [0.3, 0.4) is 0 Å². The first kappa shape index (κ1) is 38.0. The lowest BCUT2D eigenvalue weighted by Crippen LogP contribution is -2.35. The quantitative estimate of drug-likeness (QED) is 0.118. The van der Waals surface area contributed by atoms with Gasteiger partial charge in [0.2, 0.25) is 11.8 Å². The Morgan fingerprint density at radius 1 is 0.760 bits per heavy atom. The largest absolute Gasteiger partial charge is 0.352 e. The van der Waals surface area contributed by atoms with Crippen molar-refractivity contribution in [1.29, 1.82) is 0 Å². The van der Waals surface area contributed by atoms with Crippen molar-refractivity contribution in [2.24, 2.45) is 23.2 Å². The normalized spacial score (nSPS) is 31.6. The van der Waals surface area contributed by atoms with Gasteiger partial charge in [-0.3, -0.25) is 9.59 Å². The summed E-state index contributed by atoms with van der Waals surface area (Å²) in [5.74, 6) is 1.56. The molecule has 1 aliphatic carbocycles. The van der Waals surface area contributed by atoms with Crippen molar-refractivity contribution in [3.8, 4) is 0 Å². The van der Waals surface area contributed by atoms with Crippen LogP contribution in [-0.2, 0) is 9.59 Å². The second kappa shape index (κ2) is 17.8. The number of rotatable bonds is 13. The van der Waals surface area contributed by atoms with Gasteiger partial charge in [0.15, 0.2) is 0 Å². The summed E-state index contributed by atoms with van der Waals surface area (Å²) in [5.41, 5.74) is 5.29. The lowest BCUT2D eigenvalue weighted by atomic mass is 9.68.